The first-order valence-electron chi connectivity index (χ1n) is 5.78. The van der Waals surface area contributed by atoms with Gasteiger partial charge in [0.25, 0.3) is 0 Å². The highest BCUT2D eigenvalue weighted by Crippen LogP contribution is 1.99. The molecule has 0 radical (unpaired) electrons. The Hall–Kier alpha value is -0.160. The lowest BCUT2D eigenvalue weighted by Gasteiger charge is -2.29. The Morgan fingerprint density at radius 1 is 1.27 bits per heavy atom. The summed E-state index contributed by atoms with van der Waals surface area (Å²) >= 11 is 0. The zero-order chi connectivity index (χ0) is 11.7. The first-order chi connectivity index (χ1) is 7.11. The number of ether oxygens (including phenoxy) is 1. The minimum atomic E-state index is 0.575. The van der Waals surface area contributed by atoms with Crippen molar-refractivity contribution in [2.24, 2.45) is 5.73 Å². The molecule has 0 aromatic rings. The van der Waals surface area contributed by atoms with Crippen LogP contribution in [-0.2, 0) is 4.74 Å². The van der Waals surface area contributed by atoms with Gasteiger partial charge in [0, 0.05) is 25.7 Å². The normalized spacial score (nSPS) is 13.8. The third-order valence-corrected chi connectivity index (χ3v) is 2.44. The fraction of sp³-hybridized carbons (Fsp3) is 1.00. The van der Waals surface area contributed by atoms with Crippen LogP contribution in [0.15, 0.2) is 0 Å². The molecule has 0 aromatic heterocycles. The predicted octanol–water partition coefficient (Wildman–Crippen LogP) is 0.234. The largest absolute Gasteiger partial charge is 0.379 e. The van der Waals surface area contributed by atoms with E-state index in [4.69, 9.17) is 10.5 Å². The predicted molar refractivity (Wildman–Crippen MR) is 65.1 cm³/mol. The SMILES string of the molecule is CCN(CCOCCN)C(C)CN(C)C. The first kappa shape index (κ1) is 14.8. The van der Waals surface area contributed by atoms with Gasteiger partial charge in [-0.2, -0.15) is 0 Å². The van der Waals surface area contributed by atoms with Crippen molar-refractivity contribution < 1.29 is 4.74 Å². The number of likely N-dealkylation sites (N-methyl/N-ethyl adjacent to an activating group) is 2. The van der Waals surface area contributed by atoms with E-state index in [1.165, 1.54) is 0 Å². The van der Waals surface area contributed by atoms with Crippen LogP contribution in [0.5, 0.6) is 0 Å². The van der Waals surface area contributed by atoms with Crippen molar-refractivity contribution in [1.29, 1.82) is 0 Å². The molecule has 15 heavy (non-hydrogen) atoms. The fourth-order valence-electron chi connectivity index (χ4n) is 1.70. The van der Waals surface area contributed by atoms with Crippen molar-refractivity contribution in [1.82, 2.24) is 9.80 Å². The molecule has 0 rings (SSSR count). The van der Waals surface area contributed by atoms with Crippen LogP contribution in [-0.4, -0.2) is 69.3 Å². The molecule has 1 atom stereocenters. The second-order valence-electron chi connectivity index (χ2n) is 4.14. The molecule has 0 fully saturated rings. The highest BCUT2D eigenvalue weighted by atomic mass is 16.5. The van der Waals surface area contributed by atoms with Crippen LogP contribution in [0.3, 0.4) is 0 Å². The molecule has 0 aliphatic rings. The van der Waals surface area contributed by atoms with Gasteiger partial charge in [-0.05, 0) is 27.6 Å². The van der Waals surface area contributed by atoms with Gasteiger partial charge in [0.2, 0.25) is 0 Å². The van der Waals surface area contributed by atoms with Gasteiger partial charge < -0.3 is 15.4 Å². The minimum absolute atomic E-state index is 0.575. The molecule has 0 bridgehead atoms. The number of hydrogen-bond donors (Lipinski definition) is 1. The second-order valence-corrected chi connectivity index (χ2v) is 4.14. The molecule has 0 aliphatic carbocycles. The summed E-state index contributed by atoms with van der Waals surface area (Å²) in [6.07, 6.45) is 0. The molecule has 4 nitrogen and oxygen atoms in total. The maximum Gasteiger partial charge on any atom is 0.0594 e. The maximum atomic E-state index is 5.39. The molecule has 4 heteroatoms. The Morgan fingerprint density at radius 3 is 2.40 bits per heavy atom. The quantitative estimate of drug-likeness (QED) is 0.562. The lowest BCUT2D eigenvalue weighted by molar-refractivity contribution is 0.0901. The fourth-order valence-corrected chi connectivity index (χ4v) is 1.70. The standard InChI is InChI=1S/C11H27N3O/c1-5-14(7-9-15-8-6-12)11(2)10-13(3)4/h11H,5-10,12H2,1-4H3. The Morgan fingerprint density at radius 2 is 1.93 bits per heavy atom. The zero-order valence-corrected chi connectivity index (χ0v) is 10.7. The highest BCUT2D eigenvalue weighted by Gasteiger charge is 2.11. The Bertz CT molecular complexity index is 142. The second kappa shape index (κ2) is 9.09. The zero-order valence-electron chi connectivity index (χ0n) is 10.7. The van der Waals surface area contributed by atoms with Gasteiger partial charge in [-0.25, -0.2) is 0 Å². The molecule has 0 aliphatic heterocycles. The smallest absolute Gasteiger partial charge is 0.0594 e. The number of nitrogens with two attached hydrogens (primary N) is 1. The van der Waals surface area contributed by atoms with Crippen molar-refractivity contribution in [2.45, 2.75) is 19.9 Å². The topological polar surface area (TPSA) is 41.7 Å². The molecule has 0 amide bonds. The highest BCUT2D eigenvalue weighted by molar-refractivity contribution is 4.68. The van der Waals surface area contributed by atoms with Crippen molar-refractivity contribution in [2.75, 3.05) is 53.5 Å². The summed E-state index contributed by atoms with van der Waals surface area (Å²) in [7, 11) is 4.21. The van der Waals surface area contributed by atoms with E-state index in [1.54, 1.807) is 0 Å². The number of nitrogens with zero attached hydrogens (tertiary/aromatic N) is 2. The van der Waals surface area contributed by atoms with E-state index < -0.39 is 0 Å². The molecule has 0 aromatic carbocycles. The van der Waals surface area contributed by atoms with E-state index in [9.17, 15) is 0 Å². The number of rotatable bonds is 9. The monoisotopic (exact) mass is 217 g/mol. The minimum Gasteiger partial charge on any atom is -0.379 e. The van der Waals surface area contributed by atoms with E-state index in [1.807, 2.05) is 0 Å². The van der Waals surface area contributed by atoms with E-state index in [2.05, 4.69) is 37.7 Å². The summed E-state index contributed by atoms with van der Waals surface area (Å²) in [5, 5.41) is 0. The van der Waals surface area contributed by atoms with Crippen LogP contribution in [0, 0.1) is 0 Å². The van der Waals surface area contributed by atoms with Crippen molar-refractivity contribution >= 4 is 0 Å². The third kappa shape index (κ3) is 7.73. The van der Waals surface area contributed by atoms with Gasteiger partial charge in [0.15, 0.2) is 0 Å². The first-order valence-corrected chi connectivity index (χ1v) is 5.78. The van der Waals surface area contributed by atoms with Gasteiger partial charge in [-0.3, -0.25) is 4.90 Å². The Balaban J connectivity index is 3.70. The van der Waals surface area contributed by atoms with Gasteiger partial charge in [0.05, 0.1) is 13.2 Å². The van der Waals surface area contributed by atoms with E-state index in [-0.39, 0.29) is 0 Å². The molecule has 1 unspecified atom stereocenters. The molecular formula is C11H27N3O. The third-order valence-electron chi connectivity index (χ3n) is 2.44. The summed E-state index contributed by atoms with van der Waals surface area (Å²) in [6, 6.07) is 0.575. The van der Waals surface area contributed by atoms with E-state index in [0.717, 1.165) is 26.2 Å². The van der Waals surface area contributed by atoms with Crippen LogP contribution in [0.1, 0.15) is 13.8 Å². The average molecular weight is 217 g/mol. The molecule has 0 heterocycles. The van der Waals surface area contributed by atoms with Crippen LogP contribution < -0.4 is 5.73 Å². The molecule has 0 saturated carbocycles. The molecule has 0 saturated heterocycles. The van der Waals surface area contributed by atoms with Crippen LogP contribution in [0.4, 0.5) is 0 Å². The van der Waals surface area contributed by atoms with Crippen molar-refractivity contribution in [3.63, 3.8) is 0 Å². The molecular weight excluding hydrogens is 190 g/mol. The van der Waals surface area contributed by atoms with Gasteiger partial charge >= 0.3 is 0 Å². The van der Waals surface area contributed by atoms with Gasteiger partial charge in [0.1, 0.15) is 0 Å². The van der Waals surface area contributed by atoms with Crippen LogP contribution >= 0.6 is 0 Å². The average Bonchev–Trinajstić information content (AvgIpc) is 2.16. The van der Waals surface area contributed by atoms with Gasteiger partial charge in [-0.15, -0.1) is 0 Å². The number of hydrogen-bond acceptors (Lipinski definition) is 4. The Labute approximate surface area is 94.4 Å². The molecule has 0 spiro atoms. The summed E-state index contributed by atoms with van der Waals surface area (Å²) < 4.78 is 5.39. The lowest BCUT2D eigenvalue weighted by Crippen LogP contribution is -2.41. The summed E-state index contributed by atoms with van der Waals surface area (Å²) in [5.41, 5.74) is 5.36. The lowest BCUT2D eigenvalue weighted by atomic mass is 10.2. The van der Waals surface area contributed by atoms with E-state index in [0.29, 0.717) is 19.2 Å². The van der Waals surface area contributed by atoms with Crippen LogP contribution in [0.2, 0.25) is 0 Å². The summed E-state index contributed by atoms with van der Waals surface area (Å²) in [6.45, 7) is 9.65. The van der Waals surface area contributed by atoms with E-state index >= 15 is 0 Å². The summed E-state index contributed by atoms with van der Waals surface area (Å²) in [4.78, 5) is 4.64. The van der Waals surface area contributed by atoms with Crippen molar-refractivity contribution in [3.05, 3.63) is 0 Å². The Kier molecular flexibility index (Phi) is 9.00. The van der Waals surface area contributed by atoms with Gasteiger partial charge in [-0.1, -0.05) is 6.92 Å². The molecule has 2 N–H and O–H groups in total. The van der Waals surface area contributed by atoms with Crippen molar-refractivity contribution in [3.8, 4) is 0 Å². The maximum absolute atomic E-state index is 5.39. The summed E-state index contributed by atoms with van der Waals surface area (Å²) in [5.74, 6) is 0. The molecule has 92 valence electrons. The van der Waals surface area contributed by atoms with Crippen LogP contribution in [0.25, 0.3) is 0 Å².